The number of amides is 1. The van der Waals surface area contributed by atoms with Crippen molar-refractivity contribution in [1.82, 2.24) is 34.7 Å². The minimum Gasteiger partial charge on any atom is -0.339 e. The topological polar surface area (TPSA) is 93.2 Å². The molecule has 154 valence electrons. The lowest BCUT2D eigenvalue weighted by Gasteiger charge is -2.33. The van der Waals surface area contributed by atoms with Gasteiger partial charge in [0.25, 0.3) is 0 Å². The van der Waals surface area contributed by atoms with Crippen molar-refractivity contribution in [2.24, 2.45) is 0 Å². The van der Waals surface area contributed by atoms with E-state index in [1.807, 2.05) is 27.0 Å². The molecule has 4 heterocycles. The van der Waals surface area contributed by atoms with E-state index in [0.29, 0.717) is 37.1 Å². The molecule has 0 saturated carbocycles. The third-order valence-corrected chi connectivity index (χ3v) is 6.52. The first-order valence-electron chi connectivity index (χ1n) is 9.49. The normalized spacial score (nSPS) is 15.3. The lowest BCUT2D eigenvalue weighted by atomic mass is 10.3. The standard InChI is InChI=1S/C18H23N7O2S2/c1-13(2)25-12-19-21-18(25)29-11-16(26)24-7-5-23(6-8-24)10-15-20-17(22-27-15)14-4-3-9-28-14/h3-4,9,12-13H,5-8,10-11H2,1-2H3. The second kappa shape index (κ2) is 9.06. The van der Waals surface area contributed by atoms with E-state index < -0.39 is 0 Å². The number of piperazine rings is 1. The van der Waals surface area contributed by atoms with Crippen LogP contribution in [0.5, 0.6) is 0 Å². The minimum absolute atomic E-state index is 0.130. The third-order valence-electron chi connectivity index (χ3n) is 4.71. The van der Waals surface area contributed by atoms with E-state index in [4.69, 9.17) is 4.52 Å². The molecule has 1 fully saturated rings. The molecule has 1 aliphatic heterocycles. The number of hydrogen-bond donors (Lipinski definition) is 0. The molecule has 0 aliphatic carbocycles. The largest absolute Gasteiger partial charge is 0.339 e. The number of carbonyl (C=O) groups excluding carboxylic acids is 1. The summed E-state index contributed by atoms with van der Waals surface area (Å²) < 4.78 is 7.36. The maximum atomic E-state index is 12.6. The maximum Gasteiger partial charge on any atom is 0.241 e. The second-order valence-electron chi connectivity index (χ2n) is 7.05. The van der Waals surface area contributed by atoms with E-state index >= 15 is 0 Å². The second-order valence-corrected chi connectivity index (χ2v) is 8.94. The molecule has 11 heteroatoms. The van der Waals surface area contributed by atoms with Gasteiger partial charge in [-0.25, -0.2) is 0 Å². The van der Waals surface area contributed by atoms with Gasteiger partial charge < -0.3 is 14.0 Å². The van der Waals surface area contributed by atoms with Crippen molar-refractivity contribution in [2.75, 3.05) is 31.9 Å². The third kappa shape index (κ3) is 4.85. The summed E-state index contributed by atoms with van der Waals surface area (Å²) in [6.45, 7) is 7.71. The van der Waals surface area contributed by atoms with Crippen molar-refractivity contribution in [1.29, 1.82) is 0 Å². The van der Waals surface area contributed by atoms with Gasteiger partial charge in [0, 0.05) is 32.2 Å². The van der Waals surface area contributed by atoms with Gasteiger partial charge in [0.2, 0.25) is 17.6 Å². The Morgan fingerprint density at radius 2 is 2.14 bits per heavy atom. The zero-order valence-electron chi connectivity index (χ0n) is 16.4. The van der Waals surface area contributed by atoms with Crippen molar-refractivity contribution >= 4 is 29.0 Å². The summed E-state index contributed by atoms with van der Waals surface area (Å²) in [5.74, 6) is 1.75. The van der Waals surface area contributed by atoms with Crippen molar-refractivity contribution < 1.29 is 9.32 Å². The van der Waals surface area contributed by atoms with Crippen LogP contribution in [-0.4, -0.2) is 72.5 Å². The number of carbonyl (C=O) groups is 1. The lowest BCUT2D eigenvalue weighted by Crippen LogP contribution is -2.48. The molecule has 0 unspecified atom stereocenters. The fourth-order valence-corrected chi connectivity index (χ4v) is 4.67. The van der Waals surface area contributed by atoms with Gasteiger partial charge in [-0.2, -0.15) is 4.98 Å². The van der Waals surface area contributed by atoms with Gasteiger partial charge in [0.15, 0.2) is 5.16 Å². The molecule has 0 spiro atoms. The molecular formula is C18H23N7O2S2. The lowest BCUT2D eigenvalue weighted by molar-refractivity contribution is -0.130. The summed E-state index contributed by atoms with van der Waals surface area (Å²) in [5, 5.41) is 14.9. The van der Waals surface area contributed by atoms with E-state index in [0.717, 1.165) is 23.1 Å². The number of thiophene rings is 1. The Balaban J connectivity index is 1.24. The first-order chi connectivity index (χ1) is 14.1. The molecule has 1 aliphatic rings. The zero-order valence-corrected chi connectivity index (χ0v) is 18.0. The fraction of sp³-hybridized carbons (Fsp3) is 0.500. The number of rotatable bonds is 7. The van der Waals surface area contributed by atoms with Crippen molar-refractivity contribution in [3.05, 3.63) is 29.7 Å². The van der Waals surface area contributed by atoms with Gasteiger partial charge >= 0.3 is 0 Å². The first-order valence-corrected chi connectivity index (χ1v) is 11.4. The highest BCUT2D eigenvalue weighted by Crippen LogP contribution is 2.22. The van der Waals surface area contributed by atoms with Gasteiger partial charge in [0.1, 0.15) is 6.33 Å². The molecule has 1 amide bonds. The average molecular weight is 434 g/mol. The quantitative estimate of drug-likeness (QED) is 0.525. The van der Waals surface area contributed by atoms with Crippen LogP contribution in [0.2, 0.25) is 0 Å². The predicted octanol–water partition coefficient (Wildman–Crippen LogP) is 2.41. The molecule has 3 aromatic rings. The summed E-state index contributed by atoms with van der Waals surface area (Å²) in [6.07, 6.45) is 1.71. The Bertz CT molecular complexity index is 930. The molecule has 0 N–H and O–H groups in total. The van der Waals surface area contributed by atoms with Crippen LogP contribution in [0, 0.1) is 0 Å². The molecular weight excluding hydrogens is 410 g/mol. The van der Waals surface area contributed by atoms with E-state index in [1.165, 1.54) is 11.8 Å². The Labute approximate surface area is 177 Å². The Kier molecular flexibility index (Phi) is 6.26. The van der Waals surface area contributed by atoms with Gasteiger partial charge in [-0.05, 0) is 25.3 Å². The highest BCUT2D eigenvalue weighted by molar-refractivity contribution is 7.99. The minimum atomic E-state index is 0.130. The first kappa shape index (κ1) is 20.0. The molecule has 9 nitrogen and oxygen atoms in total. The number of aromatic nitrogens is 5. The number of nitrogens with zero attached hydrogens (tertiary/aromatic N) is 7. The van der Waals surface area contributed by atoms with E-state index in [9.17, 15) is 4.79 Å². The van der Waals surface area contributed by atoms with Crippen LogP contribution in [0.3, 0.4) is 0 Å². The van der Waals surface area contributed by atoms with E-state index in [1.54, 1.807) is 17.7 Å². The zero-order chi connectivity index (χ0) is 20.2. The molecule has 0 aromatic carbocycles. The monoisotopic (exact) mass is 433 g/mol. The average Bonchev–Trinajstić information content (AvgIpc) is 3.47. The van der Waals surface area contributed by atoms with Gasteiger partial charge in [-0.1, -0.05) is 23.0 Å². The molecule has 3 aromatic heterocycles. The summed E-state index contributed by atoms with van der Waals surface area (Å²) in [6, 6.07) is 4.22. The molecule has 1 saturated heterocycles. The Morgan fingerprint density at radius 1 is 1.31 bits per heavy atom. The van der Waals surface area contributed by atoms with E-state index in [-0.39, 0.29) is 11.9 Å². The smallest absolute Gasteiger partial charge is 0.241 e. The van der Waals surface area contributed by atoms with Crippen LogP contribution < -0.4 is 0 Å². The van der Waals surface area contributed by atoms with Gasteiger partial charge in [0.05, 0.1) is 17.2 Å². The van der Waals surface area contributed by atoms with Gasteiger partial charge in [-0.15, -0.1) is 21.5 Å². The summed E-state index contributed by atoms with van der Waals surface area (Å²) in [4.78, 5) is 22.2. The van der Waals surface area contributed by atoms with Crippen LogP contribution in [0.1, 0.15) is 25.8 Å². The molecule has 0 atom stereocenters. The molecule has 29 heavy (non-hydrogen) atoms. The Hall–Kier alpha value is -2.24. The van der Waals surface area contributed by atoms with Crippen LogP contribution in [0.25, 0.3) is 10.7 Å². The number of thioether (sulfide) groups is 1. The van der Waals surface area contributed by atoms with Crippen LogP contribution >= 0.6 is 23.1 Å². The van der Waals surface area contributed by atoms with Crippen LogP contribution in [0.15, 0.2) is 33.5 Å². The van der Waals surface area contributed by atoms with E-state index in [2.05, 4.69) is 39.1 Å². The number of hydrogen-bond acceptors (Lipinski definition) is 9. The highest BCUT2D eigenvalue weighted by atomic mass is 32.2. The molecule has 0 radical (unpaired) electrons. The summed E-state index contributed by atoms with van der Waals surface area (Å²) in [5.41, 5.74) is 0. The SMILES string of the molecule is CC(C)n1cnnc1SCC(=O)N1CCN(Cc2nc(-c3cccs3)no2)CC1. The van der Waals surface area contributed by atoms with Crippen molar-refractivity contribution in [3.8, 4) is 10.7 Å². The summed E-state index contributed by atoms with van der Waals surface area (Å²) >= 11 is 3.03. The van der Waals surface area contributed by atoms with Crippen molar-refractivity contribution in [2.45, 2.75) is 31.6 Å². The van der Waals surface area contributed by atoms with Crippen molar-refractivity contribution in [3.63, 3.8) is 0 Å². The van der Waals surface area contributed by atoms with Crippen LogP contribution in [-0.2, 0) is 11.3 Å². The maximum absolute atomic E-state index is 12.6. The highest BCUT2D eigenvalue weighted by Gasteiger charge is 2.23. The van der Waals surface area contributed by atoms with Gasteiger partial charge in [-0.3, -0.25) is 9.69 Å². The summed E-state index contributed by atoms with van der Waals surface area (Å²) in [7, 11) is 0. The Morgan fingerprint density at radius 3 is 2.86 bits per heavy atom. The molecule has 0 bridgehead atoms. The predicted molar refractivity (Wildman–Crippen MR) is 111 cm³/mol. The fourth-order valence-electron chi connectivity index (χ4n) is 3.08. The van der Waals surface area contributed by atoms with Crippen LogP contribution in [0.4, 0.5) is 0 Å². The molecule has 4 rings (SSSR count).